The maximum absolute atomic E-state index is 5.84. The third-order valence-electron chi connectivity index (χ3n) is 3.74. The lowest BCUT2D eigenvalue weighted by atomic mass is 10.2. The van der Waals surface area contributed by atoms with Crippen LogP contribution in [0, 0.1) is 0 Å². The molecule has 0 amide bonds. The molecule has 130 valence electrons. The molecule has 0 aliphatic heterocycles. The van der Waals surface area contributed by atoms with E-state index in [0.29, 0.717) is 13.2 Å². The second-order valence-corrected chi connectivity index (χ2v) is 5.69. The second kappa shape index (κ2) is 9.90. The van der Waals surface area contributed by atoms with Crippen molar-refractivity contribution < 1.29 is 9.47 Å². The van der Waals surface area contributed by atoms with Gasteiger partial charge in [0, 0.05) is 0 Å². The Kier molecular flexibility index (Phi) is 6.68. The molecule has 3 aromatic rings. The van der Waals surface area contributed by atoms with Crippen molar-refractivity contribution in [2.45, 2.75) is 0 Å². The molecular formula is C24H22O2. The summed E-state index contributed by atoms with van der Waals surface area (Å²) in [6.45, 7) is 0.990. The average Bonchev–Trinajstić information content (AvgIpc) is 2.71. The van der Waals surface area contributed by atoms with Gasteiger partial charge in [0.15, 0.2) is 11.5 Å². The van der Waals surface area contributed by atoms with Gasteiger partial charge in [0.05, 0.1) is 0 Å². The van der Waals surface area contributed by atoms with Crippen LogP contribution in [0.1, 0.15) is 11.1 Å². The first-order valence-electron chi connectivity index (χ1n) is 8.69. The van der Waals surface area contributed by atoms with E-state index in [9.17, 15) is 0 Å². The minimum atomic E-state index is 0.495. The van der Waals surface area contributed by atoms with Crippen molar-refractivity contribution in [1.82, 2.24) is 0 Å². The molecule has 3 aromatic carbocycles. The molecule has 26 heavy (non-hydrogen) atoms. The van der Waals surface area contributed by atoms with Crippen LogP contribution in [0.25, 0.3) is 12.2 Å². The summed E-state index contributed by atoms with van der Waals surface area (Å²) in [5.74, 6) is 1.50. The highest BCUT2D eigenvalue weighted by molar-refractivity contribution is 5.50. The number of para-hydroxylation sites is 2. The highest BCUT2D eigenvalue weighted by Crippen LogP contribution is 2.26. The van der Waals surface area contributed by atoms with Crippen molar-refractivity contribution in [2.75, 3.05) is 13.2 Å². The van der Waals surface area contributed by atoms with Gasteiger partial charge in [-0.3, -0.25) is 0 Å². The van der Waals surface area contributed by atoms with Crippen LogP contribution in [0.3, 0.4) is 0 Å². The molecule has 2 nitrogen and oxygen atoms in total. The molecule has 0 N–H and O–H groups in total. The van der Waals surface area contributed by atoms with Gasteiger partial charge in [-0.2, -0.15) is 0 Å². The van der Waals surface area contributed by atoms with Gasteiger partial charge in [0.25, 0.3) is 0 Å². The maximum atomic E-state index is 5.84. The lowest BCUT2D eigenvalue weighted by molar-refractivity contribution is 0.308. The zero-order valence-electron chi connectivity index (χ0n) is 14.6. The maximum Gasteiger partial charge on any atom is 0.161 e. The van der Waals surface area contributed by atoms with E-state index in [4.69, 9.17) is 9.47 Å². The Balaban J connectivity index is 1.51. The van der Waals surface area contributed by atoms with Crippen molar-refractivity contribution >= 4 is 12.2 Å². The quantitative estimate of drug-likeness (QED) is 0.509. The third kappa shape index (κ3) is 5.67. The Morgan fingerprint density at radius 2 is 0.885 bits per heavy atom. The summed E-state index contributed by atoms with van der Waals surface area (Å²) < 4.78 is 11.7. The predicted molar refractivity (Wildman–Crippen MR) is 108 cm³/mol. The molecule has 0 aromatic heterocycles. The molecule has 0 bridgehead atoms. The predicted octanol–water partition coefficient (Wildman–Crippen LogP) is 5.87. The summed E-state index contributed by atoms with van der Waals surface area (Å²) in [5, 5.41) is 0. The smallest absolute Gasteiger partial charge is 0.161 e. The van der Waals surface area contributed by atoms with Crippen LogP contribution in [-0.4, -0.2) is 13.2 Å². The molecule has 0 saturated carbocycles. The average molecular weight is 342 g/mol. The van der Waals surface area contributed by atoms with Crippen LogP contribution in [0.4, 0.5) is 0 Å². The molecular weight excluding hydrogens is 320 g/mol. The molecule has 3 rings (SSSR count). The SMILES string of the molecule is C(=C\c1ccccc1)/COc1ccccc1OC/C=C/c1ccccc1. The van der Waals surface area contributed by atoms with Crippen LogP contribution in [0.15, 0.2) is 97.1 Å². The van der Waals surface area contributed by atoms with E-state index in [0.717, 1.165) is 22.6 Å². The van der Waals surface area contributed by atoms with E-state index in [1.807, 2.05) is 85.0 Å². The molecule has 0 heterocycles. The number of hydrogen-bond acceptors (Lipinski definition) is 2. The summed E-state index contributed by atoms with van der Waals surface area (Å²) in [7, 11) is 0. The molecule has 0 atom stereocenters. The van der Waals surface area contributed by atoms with Gasteiger partial charge in [-0.05, 0) is 35.4 Å². The second-order valence-electron chi connectivity index (χ2n) is 5.69. The summed E-state index contributed by atoms with van der Waals surface area (Å²) in [4.78, 5) is 0. The number of hydrogen-bond donors (Lipinski definition) is 0. The van der Waals surface area contributed by atoms with Gasteiger partial charge < -0.3 is 9.47 Å². The van der Waals surface area contributed by atoms with Gasteiger partial charge in [-0.15, -0.1) is 0 Å². The van der Waals surface area contributed by atoms with Crippen LogP contribution in [0.2, 0.25) is 0 Å². The van der Waals surface area contributed by atoms with Crippen molar-refractivity contribution in [3.63, 3.8) is 0 Å². The summed E-state index contributed by atoms with van der Waals surface area (Å²) in [5.41, 5.74) is 2.32. The molecule has 0 fully saturated rings. The van der Waals surface area contributed by atoms with Gasteiger partial charge >= 0.3 is 0 Å². The largest absolute Gasteiger partial charge is 0.486 e. The molecule has 0 aliphatic carbocycles. The first kappa shape index (κ1) is 17.6. The van der Waals surface area contributed by atoms with E-state index in [1.54, 1.807) is 0 Å². The monoisotopic (exact) mass is 342 g/mol. The van der Waals surface area contributed by atoms with E-state index < -0.39 is 0 Å². The van der Waals surface area contributed by atoms with Gasteiger partial charge in [0.1, 0.15) is 13.2 Å². The third-order valence-corrected chi connectivity index (χ3v) is 3.74. The summed E-state index contributed by atoms with van der Waals surface area (Å²) >= 11 is 0. The summed E-state index contributed by atoms with van der Waals surface area (Å²) in [6.07, 6.45) is 8.10. The lowest BCUT2D eigenvalue weighted by Crippen LogP contribution is -1.99. The van der Waals surface area contributed by atoms with Gasteiger partial charge in [-0.25, -0.2) is 0 Å². The number of benzene rings is 3. The zero-order valence-corrected chi connectivity index (χ0v) is 14.6. The molecule has 2 heteroatoms. The highest BCUT2D eigenvalue weighted by Gasteiger charge is 2.02. The zero-order chi connectivity index (χ0) is 17.9. The van der Waals surface area contributed by atoms with E-state index in [2.05, 4.69) is 24.3 Å². The number of rotatable bonds is 8. The molecule has 0 radical (unpaired) electrons. The standard InChI is InChI=1S/C24H22O2/c1-3-11-21(12-4-1)15-9-19-25-23-17-7-8-18-24(23)26-20-10-16-22-13-5-2-6-14-22/h1-18H,19-20H2/b15-9+,16-10+. The van der Waals surface area contributed by atoms with E-state index in [-0.39, 0.29) is 0 Å². The van der Waals surface area contributed by atoms with Crippen LogP contribution < -0.4 is 9.47 Å². The Morgan fingerprint density at radius 3 is 1.31 bits per heavy atom. The van der Waals surface area contributed by atoms with Crippen molar-refractivity contribution in [3.05, 3.63) is 108 Å². The molecule has 0 spiro atoms. The highest BCUT2D eigenvalue weighted by atomic mass is 16.5. The number of ether oxygens (including phenoxy) is 2. The molecule has 0 saturated heterocycles. The topological polar surface area (TPSA) is 18.5 Å². The Labute approximate surface area is 155 Å². The normalized spacial score (nSPS) is 11.1. The fourth-order valence-corrected chi connectivity index (χ4v) is 2.46. The van der Waals surface area contributed by atoms with E-state index >= 15 is 0 Å². The summed E-state index contributed by atoms with van der Waals surface area (Å²) in [6, 6.07) is 28.1. The van der Waals surface area contributed by atoms with Crippen LogP contribution >= 0.6 is 0 Å². The first-order chi connectivity index (χ1) is 12.9. The molecule has 0 aliphatic rings. The first-order valence-corrected chi connectivity index (χ1v) is 8.69. The van der Waals surface area contributed by atoms with Crippen LogP contribution in [-0.2, 0) is 0 Å². The van der Waals surface area contributed by atoms with Crippen molar-refractivity contribution in [2.24, 2.45) is 0 Å². The van der Waals surface area contributed by atoms with E-state index in [1.165, 1.54) is 0 Å². The van der Waals surface area contributed by atoms with Gasteiger partial charge in [0.2, 0.25) is 0 Å². The lowest BCUT2D eigenvalue weighted by Gasteiger charge is -2.10. The fourth-order valence-electron chi connectivity index (χ4n) is 2.46. The minimum Gasteiger partial charge on any atom is -0.486 e. The Bertz CT molecular complexity index is 764. The Hall–Kier alpha value is -3.26. The molecule has 0 unspecified atom stereocenters. The van der Waals surface area contributed by atoms with Crippen LogP contribution in [0.5, 0.6) is 11.5 Å². The fraction of sp³-hybridized carbons (Fsp3) is 0.0833. The Morgan fingerprint density at radius 1 is 0.500 bits per heavy atom. The van der Waals surface area contributed by atoms with Crippen molar-refractivity contribution in [3.8, 4) is 11.5 Å². The van der Waals surface area contributed by atoms with Gasteiger partial charge in [-0.1, -0.05) is 84.9 Å². The van der Waals surface area contributed by atoms with Crippen molar-refractivity contribution in [1.29, 1.82) is 0 Å². The minimum absolute atomic E-state index is 0.495.